The largest absolute Gasteiger partial charge is 0.323 e. The molecular formula is C15H14N4O. The zero-order valence-electron chi connectivity index (χ0n) is 10.7. The number of nitrogens with zero attached hydrogens (tertiary/aromatic N) is 1. The first kappa shape index (κ1) is 12.4. The molecule has 3 rings (SSSR count). The Labute approximate surface area is 115 Å². The summed E-state index contributed by atoms with van der Waals surface area (Å²) >= 11 is 0. The molecule has 5 nitrogen and oxygen atoms in total. The molecule has 2 aromatic carbocycles. The third-order valence-electron chi connectivity index (χ3n) is 3.18. The molecule has 0 saturated heterocycles. The van der Waals surface area contributed by atoms with Crippen LogP contribution in [0.4, 0.5) is 5.69 Å². The normalized spacial score (nSPS) is 12.2. The van der Waals surface area contributed by atoms with Gasteiger partial charge in [0, 0.05) is 5.39 Å². The van der Waals surface area contributed by atoms with Gasteiger partial charge in [-0.05, 0) is 11.6 Å². The van der Waals surface area contributed by atoms with Crippen LogP contribution >= 0.6 is 0 Å². The molecule has 0 fully saturated rings. The van der Waals surface area contributed by atoms with Crippen LogP contribution in [0.5, 0.6) is 0 Å². The molecule has 100 valence electrons. The highest BCUT2D eigenvalue weighted by Gasteiger charge is 2.16. The van der Waals surface area contributed by atoms with Crippen molar-refractivity contribution in [3.05, 3.63) is 60.3 Å². The summed E-state index contributed by atoms with van der Waals surface area (Å²) in [6.45, 7) is 0. The summed E-state index contributed by atoms with van der Waals surface area (Å²) < 4.78 is 0. The first-order valence-electron chi connectivity index (χ1n) is 6.29. The standard InChI is InChI=1S/C15H14N4O/c16-13(10-5-2-1-3-6-10)15(20)18-12-8-4-7-11-9-17-19-14(11)12/h1-9,13H,16H2,(H,17,19)(H,18,20)/t13-/m1/s1. The van der Waals surface area contributed by atoms with Gasteiger partial charge in [0.25, 0.3) is 0 Å². The maximum absolute atomic E-state index is 12.2. The van der Waals surface area contributed by atoms with E-state index >= 15 is 0 Å². The Hall–Kier alpha value is -2.66. The second kappa shape index (κ2) is 5.14. The van der Waals surface area contributed by atoms with Crippen molar-refractivity contribution in [1.82, 2.24) is 10.2 Å². The number of hydrogen-bond donors (Lipinski definition) is 3. The first-order chi connectivity index (χ1) is 9.75. The van der Waals surface area contributed by atoms with E-state index in [4.69, 9.17) is 5.73 Å². The van der Waals surface area contributed by atoms with Gasteiger partial charge in [-0.1, -0.05) is 42.5 Å². The predicted octanol–water partition coefficient (Wildman–Crippen LogP) is 2.20. The van der Waals surface area contributed by atoms with Crippen LogP contribution < -0.4 is 11.1 Å². The van der Waals surface area contributed by atoms with Gasteiger partial charge in [0.05, 0.1) is 17.4 Å². The van der Waals surface area contributed by atoms with Crippen LogP contribution in [0.15, 0.2) is 54.7 Å². The number of benzene rings is 2. The number of H-pyrrole nitrogens is 1. The maximum Gasteiger partial charge on any atom is 0.245 e. The third-order valence-corrected chi connectivity index (χ3v) is 3.18. The van der Waals surface area contributed by atoms with Crippen molar-refractivity contribution in [2.45, 2.75) is 6.04 Å². The molecule has 5 heteroatoms. The van der Waals surface area contributed by atoms with E-state index in [1.165, 1.54) is 0 Å². The molecule has 1 amide bonds. The zero-order chi connectivity index (χ0) is 13.9. The molecule has 20 heavy (non-hydrogen) atoms. The quantitative estimate of drug-likeness (QED) is 0.679. The van der Waals surface area contributed by atoms with Gasteiger partial charge in [-0.3, -0.25) is 9.89 Å². The average Bonchev–Trinajstić information content (AvgIpc) is 2.97. The summed E-state index contributed by atoms with van der Waals surface area (Å²) in [6.07, 6.45) is 1.71. The summed E-state index contributed by atoms with van der Waals surface area (Å²) in [5.41, 5.74) is 8.22. The lowest BCUT2D eigenvalue weighted by atomic mass is 10.1. The van der Waals surface area contributed by atoms with Crippen LogP contribution in [0.25, 0.3) is 10.9 Å². The molecule has 3 aromatic rings. The first-order valence-corrected chi connectivity index (χ1v) is 6.29. The minimum absolute atomic E-state index is 0.252. The topological polar surface area (TPSA) is 83.8 Å². The van der Waals surface area contributed by atoms with Crippen molar-refractivity contribution in [1.29, 1.82) is 0 Å². The molecule has 0 spiro atoms. The lowest BCUT2D eigenvalue weighted by molar-refractivity contribution is -0.117. The Balaban J connectivity index is 1.84. The Bertz CT molecular complexity index is 736. The maximum atomic E-state index is 12.2. The van der Waals surface area contributed by atoms with Crippen LogP contribution in [0.2, 0.25) is 0 Å². The SMILES string of the molecule is N[C@@H](C(=O)Nc1cccc2cn[nH]c12)c1ccccc1. The fraction of sp³-hybridized carbons (Fsp3) is 0.0667. The fourth-order valence-corrected chi connectivity index (χ4v) is 2.10. The molecule has 0 unspecified atom stereocenters. The average molecular weight is 266 g/mol. The number of rotatable bonds is 3. The van der Waals surface area contributed by atoms with Gasteiger partial charge >= 0.3 is 0 Å². The van der Waals surface area contributed by atoms with E-state index in [0.29, 0.717) is 5.69 Å². The number of para-hydroxylation sites is 1. The predicted molar refractivity (Wildman–Crippen MR) is 78.1 cm³/mol. The monoisotopic (exact) mass is 266 g/mol. The van der Waals surface area contributed by atoms with E-state index in [0.717, 1.165) is 16.5 Å². The molecule has 1 heterocycles. The number of nitrogens with one attached hydrogen (secondary N) is 2. The molecule has 0 bridgehead atoms. The van der Waals surface area contributed by atoms with Gasteiger partial charge in [0.15, 0.2) is 0 Å². The molecule has 4 N–H and O–H groups in total. The van der Waals surface area contributed by atoms with Crippen molar-refractivity contribution in [2.75, 3.05) is 5.32 Å². The smallest absolute Gasteiger partial charge is 0.245 e. The summed E-state index contributed by atoms with van der Waals surface area (Å²) in [5, 5.41) is 10.6. The molecule has 0 aliphatic heterocycles. The van der Waals surface area contributed by atoms with Gasteiger partial charge < -0.3 is 11.1 Å². The number of hydrogen-bond acceptors (Lipinski definition) is 3. The van der Waals surface area contributed by atoms with Crippen LogP contribution in [0.1, 0.15) is 11.6 Å². The van der Waals surface area contributed by atoms with Crippen LogP contribution in [-0.2, 0) is 4.79 Å². The highest BCUT2D eigenvalue weighted by atomic mass is 16.2. The van der Waals surface area contributed by atoms with Crippen LogP contribution in [-0.4, -0.2) is 16.1 Å². The lowest BCUT2D eigenvalue weighted by Gasteiger charge is -2.13. The highest BCUT2D eigenvalue weighted by molar-refractivity contribution is 6.02. The molecule has 0 aliphatic carbocycles. The molecule has 0 radical (unpaired) electrons. The van der Waals surface area contributed by atoms with Gasteiger partial charge in [-0.2, -0.15) is 5.10 Å². The Morgan fingerprint density at radius 3 is 2.75 bits per heavy atom. The zero-order valence-corrected chi connectivity index (χ0v) is 10.7. The molecule has 1 atom stereocenters. The summed E-state index contributed by atoms with van der Waals surface area (Å²) in [5.74, 6) is -0.252. The lowest BCUT2D eigenvalue weighted by Crippen LogP contribution is -2.27. The molecule has 0 saturated carbocycles. The Morgan fingerprint density at radius 2 is 1.95 bits per heavy atom. The summed E-state index contributed by atoms with van der Waals surface area (Å²) in [4.78, 5) is 12.2. The number of fused-ring (bicyclic) bond motifs is 1. The van der Waals surface area contributed by atoms with Crippen LogP contribution in [0, 0.1) is 0 Å². The Morgan fingerprint density at radius 1 is 1.15 bits per heavy atom. The summed E-state index contributed by atoms with van der Waals surface area (Å²) in [6, 6.07) is 14.2. The van der Waals surface area contributed by atoms with Gasteiger partial charge in [0.1, 0.15) is 6.04 Å². The highest BCUT2D eigenvalue weighted by Crippen LogP contribution is 2.21. The number of amides is 1. The van der Waals surface area contributed by atoms with E-state index in [2.05, 4.69) is 15.5 Å². The molecular weight excluding hydrogens is 252 g/mol. The van der Waals surface area contributed by atoms with Gasteiger partial charge in [-0.25, -0.2) is 0 Å². The molecule has 1 aromatic heterocycles. The van der Waals surface area contributed by atoms with Gasteiger partial charge in [0.2, 0.25) is 5.91 Å². The minimum Gasteiger partial charge on any atom is -0.323 e. The minimum atomic E-state index is -0.700. The van der Waals surface area contributed by atoms with E-state index in [-0.39, 0.29) is 5.91 Å². The second-order valence-corrected chi connectivity index (χ2v) is 4.52. The Kier molecular flexibility index (Phi) is 3.18. The van der Waals surface area contributed by atoms with Crippen LogP contribution in [0.3, 0.4) is 0 Å². The van der Waals surface area contributed by atoms with E-state index in [9.17, 15) is 4.79 Å². The van der Waals surface area contributed by atoms with Crippen molar-refractivity contribution in [2.24, 2.45) is 5.73 Å². The fourth-order valence-electron chi connectivity index (χ4n) is 2.10. The van der Waals surface area contributed by atoms with Crippen molar-refractivity contribution in [3.8, 4) is 0 Å². The number of nitrogens with two attached hydrogens (primary N) is 1. The second-order valence-electron chi connectivity index (χ2n) is 4.52. The number of aromatic amines is 1. The third kappa shape index (κ3) is 2.26. The number of carbonyl (C=O) groups excluding carboxylic acids is 1. The summed E-state index contributed by atoms with van der Waals surface area (Å²) in [7, 11) is 0. The van der Waals surface area contributed by atoms with Gasteiger partial charge in [-0.15, -0.1) is 0 Å². The number of carbonyl (C=O) groups is 1. The van der Waals surface area contributed by atoms with E-state index in [1.807, 2.05) is 48.5 Å². The van der Waals surface area contributed by atoms with E-state index < -0.39 is 6.04 Å². The van der Waals surface area contributed by atoms with E-state index in [1.54, 1.807) is 6.20 Å². The van der Waals surface area contributed by atoms with Crippen molar-refractivity contribution in [3.63, 3.8) is 0 Å². The number of anilines is 1. The number of aromatic nitrogens is 2. The van der Waals surface area contributed by atoms with Crippen molar-refractivity contribution < 1.29 is 4.79 Å². The molecule has 0 aliphatic rings. The van der Waals surface area contributed by atoms with Crippen molar-refractivity contribution >= 4 is 22.5 Å².